The maximum Gasteiger partial charge on any atom is 0.233 e. The van der Waals surface area contributed by atoms with Crippen molar-refractivity contribution in [1.29, 1.82) is 0 Å². The van der Waals surface area contributed by atoms with Crippen LogP contribution in [0.5, 0.6) is 0 Å². The van der Waals surface area contributed by atoms with Crippen LogP contribution in [0, 0.1) is 13.8 Å². The molecule has 2 heterocycles. The Hall–Kier alpha value is -3.05. The third-order valence-corrected chi connectivity index (χ3v) is 5.81. The summed E-state index contributed by atoms with van der Waals surface area (Å²) < 4.78 is 1.09. The second-order valence-electron chi connectivity index (χ2n) is 6.86. The van der Waals surface area contributed by atoms with E-state index < -0.39 is 0 Å². The van der Waals surface area contributed by atoms with Crippen molar-refractivity contribution in [3.05, 3.63) is 89.2 Å². The number of amides is 1. The van der Waals surface area contributed by atoms with Gasteiger partial charge in [-0.2, -0.15) is 0 Å². The minimum absolute atomic E-state index is 0.0179. The van der Waals surface area contributed by atoms with Gasteiger partial charge in [0.05, 0.1) is 28.9 Å². The molecule has 0 fully saturated rings. The molecule has 28 heavy (non-hydrogen) atoms. The number of rotatable bonds is 5. The lowest BCUT2D eigenvalue weighted by Crippen LogP contribution is -2.32. The van der Waals surface area contributed by atoms with Crippen molar-refractivity contribution in [2.24, 2.45) is 0 Å². The molecule has 0 saturated carbocycles. The Morgan fingerprint density at radius 3 is 2.50 bits per heavy atom. The lowest BCUT2D eigenvalue weighted by Gasteiger charge is -2.19. The molecule has 0 spiro atoms. The molecule has 4 aromatic rings. The van der Waals surface area contributed by atoms with Gasteiger partial charge in [0.1, 0.15) is 0 Å². The molecule has 0 bridgehead atoms. The predicted octanol–water partition coefficient (Wildman–Crippen LogP) is 5.08. The Morgan fingerprint density at radius 1 is 1.00 bits per heavy atom. The first-order chi connectivity index (χ1) is 13.6. The van der Waals surface area contributed by atoms with Gasteiger partial charge in [0.25, 0.3) is 0 Å². The van der Waals surface area contributed by atoms with Gasteiger partial charge < -0.3 is 0 Å². The highest BCUT2D eigenvalue weighted by Gasteiger charge is 2.21. The largest absolute Gasteiger partial charge is 0.282 e. The van der Waals surface area contributed by atoms with E-state index in [1.165, 1.54) is 11.1 Å². The normalized spacial score (nSPS) is 10.9. The van der Waals surface area contributed by atoms with Crippen molar-refractivity contribution in [1.82, 2.24) is 9.97 Å². The first kappa shape index (κ1) is 18.3. The van der Waals surface area contributed by atoms with Gasteiger partial charge in [-0.15, -0.1) is 0 Å². The Balaban J connectivity index is 1.70. The standard InChI is InChI=1S/C23H21N3OS/c1-16-12-20-21(13-17(16)2)28-23(25-20)26(15-19-10-6-7-11-24-19)22(27)14-18-8-4-3-5-9-18/h3-13H,14-15H2,1-2H3. The number of carbonyl (C=O) groups excluding carboxylic acids is 1. The zero-order valence-corrected chi connectivity index (χ0v) is 16.7. The molecule has 0 saturated heterocycles. The van der Waals surface area contributed by atoms with Crippen LogP contribution in [0.1, 0.15) is 22.4 Å². The maximum absolute atomic E-state index is 13.2. The van der Waals surface area contributed by atoms with E-state index >= 15 is 0 Å². The summed E-state index contributed by atoms with van der Waals surface area (Å²) in [6.45, 7) is 4.59. The third kappa shape index (κ3) is 3.94. The third-order valence-electron chi connectivity index (χ3n) is 4.77. The lowest BCUT2D eigenvalue weighted by atomic mass is 10.1. The molecule has 0 radical (unpaired) electrons. The molecule has 4 rings (SSSR count). The maximum atomic E-state index is 13.2. The number of fused-ring (bicyclic) bond motifs is 1. The van der Waals surface area contributed by atoms with E-state index in [0.29, 0.717) is 18.1 Å². The van der Waals surface area contributed by atoms with Gasteiger partial charge >= 0.3 is 0 Å². The summed E-state index contributed by atoms with van der Waals surface area (Å²) in [7, 11) is 0. The highest BCUT2D eigenvalue weighted by atomic mass is 32.1. The van der Waals surface area contributed by atoms with E-state index in [0.717, 1.165) is 21.5 Å². The van der Waals surface area contributed by atoms with Gasteiger partial charge in [-0.1, -0.05) is 47.7 Å². The van der Waals surface area contributed by atoms with Crippen molar-refractivity contribution in [2.75, 3.05) is 4.90 Å². The molecule has 0 aliphatic carbocycles. The van der Waals surface area contributed by atoms with Gasteiger partial charge in [0.2, 0.25) is 5.91 Å². The van der Waals surface area contributed by atoms with E-state index in [1.807, 2.05) is 48.5 Å². The molecule has 1 amide bonds. The number of aryl methyl sites for hydroxylation is 2. The Morgan fingerprint density at radius 2 is 1.75 bits per heavy atom. The van der Waals surface area contributed by atoms with Crippen molar-refractivity contribution >= 4 is 32.6 Å². The van der Waals surface area contributed by atoms with E-state index in [4.69, 9.17) is 4.98 Å². The van der Waals surface area contributed by atoms with Gasteiger partial charge in [-0.3, -0.25) is 14.7 Å². The molecule has 2 aromatic carbocycles. The molecule has 4 nitrogen and oxygen atoms in total. The average Bonchev–Trinajstić information content (AvgIpc) is 3.10. The fourth-order valence-electron chi connectivity index (χ4n) is 3.07. The quantitative estimate of drug-likeness (QED) is 0.479. The molecule has 140 valence electrons. The molecular weight excluding hydrogens is 366 g/mol. The zero-order chi connectivity index (χ0) is 19.5. The number of anilines is 1. The van der Waals surface area contributed by atoms with E-state index in [-0.39, 0.29) is 5.91 Å². The first-order valence-corrected chi connectivity index (χ1v) is 10.0. The van der Waals surface area contributed by atoms with Crippen molar-refractivity contribution in [3.8, 4) is 0 Å². The Labute approximate surface area is 168 Å². The molecule has 0 aliphatic heterocycles. The van der Waals surface area contributed by atoms with E-state index in [1.54, 1.807) is 22.4 Å². The van der Waals surface area contributed by atoms with Gasteiger partial charge in [0, 0.05) is 6.20 Å². The highest BCUT2D eigenvalue weighted by molar-refractivity contribution is 7.22. The summed E-state index contributed by atoms with van der Waals surface area (Å²) in [4.78, 5) is 24.1. The van der Waals surface area contributed by atoms with Crippen molar-refractivity contribution in [3.63, 3.8) is 0 Å². The second-order valence-corrected chi connectivity index (χ2v) is 7.87. The fraction of sp³-hybridized carbons (Fsp3) is 0.174. The number of carbonyl (C=O) groups is 1. The van der Waals surface area contributed by atoms with Crippen LogP contribution in [0.15, 0.2) is 66.9 Å². The topological polar surface area (TPSA) is 46.1 Å². The summed E-state index contributed by atoms with van der Waals surface area (Å²) in [6, 6.07) is 19.8. The number of hydrogen-bond donors (Lipinski definition) is 0. The van der Waals surface area contributed by atoms with Crippen LogP contribution < -0.4 is 4.90 Å². The monoisotopic (exact) mass is 387 g/mol. The Bertz CT molecular complexity index is 1070. The second kappa shape index (κ2) is 7.90. The minimum Gasteiger partial charge on any atom is -0.282 e. The van der Waals surface area contributed by atoms with Crippen LogP contribution in [-0.2, 0) is 17.8 Å². The SMILES string of the molecule is Cc1cc2nc(N(Cc3ccccn3)C(=O)Cc3ccccc3)sc2cc1C. The minimum atomic E-state index is 0.0179. The summed E-state index contributed by atoms with van der Waals surface area (Å²) in [5.41, 5.74) is 5.20. The van der Waals surface area contributed by atoms with Crippen LogP contribution in [0.2, 0.25) is 0 Å². The summed E-state index contributed by atoms with van der Waals surface area (Å²) in [5, 5.41) is 0.714. The summed E-state index contributed by atoms with van der Waals surface area (Å²) in [5.74, 6) is 0.0179. The molecule has 0 atom stereocenters. The number of pyridine rings is 1. The number of aromatic nitrogens is 2. The van der Waals surface area contributed by atoms with Gasteiger partial charge in [-0.05, 0) is 54.8 Å². The van der Waals surface area contributed by atoms with E-state index in [2.05, 4.69) is 31.0 Å². The van der Waals surface area contributed by atoms with Crippen LogP contribution in [-0.4, -0.2) is 15.9 Å². The number of benzene rings is 2. The Kier molecular flexibility index (Phi) is 5.17. The van der Waals surface area contributed by atoms with E-state index in [9.17, 15) is 4.79 Å². The van der Waals surface area contributed by atoms with Crippen molar-refractivity contribution < 1.29 is 4.79 Å². The van der Waals surface area contributed by atoms with Crippen LogP contribution in [0.3, 0.4) is 0 Å². The van der Waals surface area contributed by atoms with Crippen LogP contribution >= 0.6 is 11.3 Å². The molecular formula is C23H21N3OS. The lowest BCUT2D eigenvalue weighted by molar-refractivity contribution is -0.118. The van der Waals surface area contributed by atoms with Crippen LogP contribution in [0.25, 0.3) is 10.2 Å². The number of nitrogens with zero attached hydrogens (tertiary/aromatic N) is 3. The average molecular weight is 388 g/mol. The molecule has 0 N–H and O–H groups in total. The predicted molar refractivity (Wildman–Crippen MR) is 115 cm³/mol. The smallest absolute Gasteiger partial charge is 0.233 e. The number of hydrogen-bond acceptors (Lipinski definition) is 4. The molecule has 2 aromatic heterocycles. The summed E-state index contributed by atoms with van der Waals surface area (Å²) in [6.07, 6.45) is 2.09. The first-order valence-electron chi connectivity index (χ1n) is 9.22. The fourth-order valence-corrected chi connectivity index (χ4v) is 4.13. The molecule has 5 heteroatoms. The zero-order valence-electron chi connectivity index (χ0n) is 15.9. The van der Waals surface area contributed by atoms with Gasteiger partial charge in [0.15, 0.2) is 5.13 Å². The summed E-state index contributed by atoms with van der Waals surface area (Å²) >= 11 is 1.55. The molecule has 0 unspecified atom stereocenters. The number of thiazole rings is 1. The van der Waals surface area contributed by atoms with Gasteiger partial charge in [-0.25, -0.2) is 4.98 Å². The van der Waals surface area contributed by atoms with Crippen molar-refractivity contribution in [2.45, 2.75) is 26.8 Å². The molecule has 0 aliphatic rings. The van der Waals surface area contributed by atoms with Crippen LogP contribution in [0.4, 0.5) is 5.13 Å². The highest BCUT2D eigenvalue weighted by Crippen LogP contribution is 2.32.